The number of fused-ring (bicyclic) bond motifs is 1. The van der Waals surface area contributed by atoms with E-state index >= 15 is 0 Å². The fourth-order valence-electron chi connectivity index (χ4n) is 3.41. The topological polar surface area (TPSA) is 184 Å². The third-order valence-electron chi connectivity index (χ3n) is 5.40. The van der Waals surface area contributed by atoms with Gasteiger partial charge in [-0.05, 0) is 27.2 Å². The number of carboxylic acid groups (broad SMARTS) is 1. The summed E-state index contributed by atoms with van der Waals surface area (Å²) in [5, 5.41) is 14.9. The van der Waals surface area contributed by atoms with Gasteiger partial charge in [0.25, 0.3) is 0 Å². The van der Waals surface area contributed by atoms with Gasteiger partial charge in [0.2, 0.25) is 7.44 Å². The van der Waals surface area contributed by atoms with Crippen molar-refractivity contribution in [1.82, 2.24) is 29.7 Å². The van der Waals surface area contributed by atoms with Crippen LogP contribution in [-0.4, -0.2) is 74.1 Å². The highest BCUT2D eigenvalue weighted by molar-refractivity contribution is 7.59. The smallest absolute Gasteiger partial charge is 0.323 e. The summed E-state index contributed by atoms with van der Waals surface area (Å²) in [4.78, 5) is 35.7. The van der Waals surface area contributed by atoms with Crippen LogP contribution in [0.3, 0.4) is 0 Å². The van der Waals surface area contributed by atoms with E-state index in [1.54, 1.807) is 17.8 Å². The van der Waals surface area contributed by atoms with Crippen LogP contribution in [0, 0.1) is 0 Å². The molecule has 3 atom stereocenters. The van der Waals surface area contributed by atoms with Gasteiger partial charge in [-0.25, -0.2) is 25.1 Å². The molecular weight excluding hydrogens is 489 g/mol. The number of nitrogen functional groups attached to an aromatic ring is 1. The van der Waals surface area contributed by atoms with Gasteiger partial charge in [0, 0.05) is 6.61 Å². The molecule has 5 N–H and O–H groups in total. The number of aliphatic carboxylic acids is 1. The van der Waals surface area contributed by atoms with E-state index in [1.165, 1.54) is 20.2 Å². The Bertz CT molecular complexity index is 1050. The first-order chi connectivity index (χ1) is 17.0. The number of imidazole rings is 1. The lowest BCUT2D eigenvalue weighted by atomic mass is 10.1. The lowest BCUT2D eigenvalue weighted by Gasteiger charge is -2.31. The second kappa shape index (κ2) is 13.8. The Kier molecular flexibility index (Phi) is 11.4. The normalized spacial score (nSPS) is 15.4. The van der Waals surface area contributed by atoms with Crippen molar-refractivity contribution in [3.05, 3.63) is 12.7 Å². The third kappa shape index (κ3) is 8.90. The molecule has 202 valence electrons. The standard InChI is InChI=1S/C22H38N7O6P/c1-5-6-7-8-9-34-12-17(11-30)27-36(33,28-22(3,4)21(31)32)15-35-16(2)10-29-14-26-18-19(23)24-13-25-20(18)29/h11,13-14,16-17H,5-10,12,15H2,1-4H3,(H,31,32)(H2,23,24,25)(H2,27,28,33)/t16-,17+,36?/m1/s1. The summed E-state index contributed by atoms with van der Waals surface area (Å²) in [6.45, 7) is 7.44. The summed E-state index contributed by atoms with van der Waals surface area (Å²) in [6, 6.07) is -0.907. The van der Waals surface area contributed by atoms with Crippen LogP contribution in [0.15, 0.2) is 12.7 Å². The molecule has 13 nitrogen and oxygen atoms in total. The number of anilines is 1. The zero-order valence-electron chi connectivity index (χ0n) is 21.3. The molecule has 2 heterocycles. The van der Waals surface area contributed by atoms with E-state index in [9.17, 15) is 19.3 Å². The van der Waals surface area contributed by atoms with Crippen molar-refractivity contribution in [2.24, 2.45) is 0 Å². The Morgan fingerprint density at radius 2 is 2.06 bits per heavy atom. The zero-order valence-corrected chi connectivity index (χ0v) is 22.2. The van der Waals surface area contributed by atoms with Crippen molar-refractivity contribution >= 4 is 36.7 Å². The number of aromatic nitrogens is 4. The highest BCUT2D eigenvalue weighted by Gasteiger charge is 2.37. The average molecular weight is 528 g/mol. The van der Waals surface area contributed by atoms with E-state index in [4.69, 9.17) is 15.2 Å². The van der Waals surface area contributed by atoms with Crippen molar-refractivity contribution in [2.45, 2.75) is 77.6 Å². The van der Waals surface area contributed by atoms with Crippen LogP contribution in [0.5, 0.6) is 0 Å². The summed E-state index contributed by atoms with van der Waals surface area (Å²) in [5.74, 6) is -0.942. The van der Waals surface area contributed by atoms with Crippen LogP contribution < -0.4 is 15.9 Å². The zero-order chi connectivity index (χ0) is 26.8. The number of rotatable bonds is 18. The van der Waals surface area contributed by atoms with Gasteiger partial charge in [-0.2, -0.15) is 0 Å². The molecular formula is C22H38N7O6P. The molecule has 2 rings (SSSR count). The second-order valence-electron chi connectivity index (χ2n) is 9.22. The molecule has 0 fully saturated rings. The van der Waals surface area contributed by atoms with Gasteiger partial charge in [-0.3, -0.25) is 9.36 Å². The van der Waals surface area contributed by atoms with Gasteiger partial charge in [-0.1, -0.05) is 26.2 Å². The van der Waals surface area contributed by atoms with Gasteiger partial charge < -0.3 is 29.7 Å². The highest BCUT2D eigenvalue weighted by atomic mass is 31.2. The third-order valence-corrected chi connectivity index (χ3v) is 7.58. The van der Waals surface area contributed by atoms with Gasteiger partial charge >= 0.3 is 5.97 Å². The number of nitrogens with one attached hydrogen (secondary N) is 2. The van der Waals surface area contributed by atoms with E-state index in [0.717, 1.165) is 25.7 Å². The van der Waals surface area contributed by atoms with Gasteiger partial charge in [0.15, 0.2) is 11.5 Å². The Labute approximate surface area is 211 Å². The number of carbonyl (C=O) groups excluding carboxylic acids is 1. The van der Waals surface area contributed by atoms with E-state index in [1.807, 2.05) is 0 Å². The predicted octanol–water partition coefficient (Wildman–Crippen LogP) is 2.17. The molecule has 14 heteroatoms. The van der Waals surface area contributed by atoms with Crippen molar-refractivity contribution in [1.29, 1.82) is 0 Å². The van der Waals surface area contributed by atoms with Crippen LogP contribution in [0.25, 0.3) is 11.2 Å². The molecule has 0 aliphatic rings. The summed E-state index contributed by atoms with van der Waals surface area (Å²) in [6.07, 6.45) is 6.75. The molecule has 2 aromatic rings. The van der Waals surface area contributed by atoms with Crippen LogP contribution in [-0.2, 0) is 30.2 Å². The van der Waals surface area contributed by atoms with E-state index < -0.39 is 31.1 Å². The van der Waals surface area contributed by atoms with Crippen molar-refractivity contribution in [3.8, 4) is 0 Å². The molecule has 0 saturated carbocycles. The van der Waals surface area contributed by atoms with Gasteiger partial charge in [0.1, 0.15) is 30.0 Å². The number of ether oxygens (including phenoxy) is 2. The van der Waals surface area contributed by atoms with Crippen LogP contribution in [0.4, 0.5) is 5.82 Å². The second-order valence-corrected chi connectivity index (χ2v) is 11.4. The predicted molar refractivity (Wildman–Crippen MR) is 136 cm³/mol. The molecule has 0 amide bonds. The molecule has 1 unspecified atom stereocenters. The largest absolute Gasteiger partial charge is 0.480 e. The molecule has 0 aromatic carbocycles. The van der Waals surface area contributed by atoms with Gasteiger partial charge in [0.05, 0.1) is 31.6 Å². The minimum atomic E-state index is -3.72. The molecule has 0 bridgehead atoms. The average Bonchev–Trinajstić information content (AvgIpc) is 3.23. The quantitative estimate of drug-likeness (QED) is 0.126. The maximum atomic E-state index is 13.8. The molecule has 0 saturated heterocycles. The minimum Gasteiger partial charge on any atom is -0.480 e. The Hall–Kier alpha value is -2.44. The number of nitrogens with zero attached hydrogens (tertiary/aromatic N) is 4. The Morgan fingerprint density at radius 1 is 1.31 bits per heavy atom. The molecule has 0 aliphatic heterocycles. The maximum absolute atomic E-state index is 13.8. The summed E-state index contributed by atoms with van der Waals surface area (Å²) >= 11 is 0. The van der Waals surface area contributed by atoms with Gasteiger partial charge in [-0.15, -0.1) is 0 Å². The Morgan fingerprint density at radius 3 is 2.72 bits per heavy atom. The fraction of sp³-hybridized carbons (Fsp3) is 0.682. The molecule has 0 radical (unpaired) electrons. The first kappa shape index (κ1) is 29.8. The molecule has 2 aromatic heterocycles. The Balaban J connectivity index is 2.05. The number of unbranched alkanes of at least 4 members (excludes halogenated alkanes) is 3. The lowest BCUT2D eigenvalue weighted by Crippen LogP contribution is -2.49. The van der Waals surface area contributed by atoms with Crippen molar-refractivity contribution < 1.29 is 28.7 Å². The first-order valence-corrected chi connectivity index (χ1v) is 13.9. The van der Waals surface area contributed by atoms with Crippen molar-refractivity contribution in [3.63, 3.8) is 0 Å². The summed E-state index contributed by atoms with van der Waals surface area (Å²) in [7, 11) is -3.72. The number of carbonyl (C=O) groups is 2. The van der Waals surface area contributed by atoms with E-state index in [2.05, 4.69) is 32.1 Å². The minimum absolute atomic E-state index is 0.00645. The number of hydrogen-bond acceptors (Lipinski definition) is 9. The SMILES string of the molecule is CCCCCCOC[C@H](C=O)NP(=O)(CO[C@H](C)Cn1cnc2c(N)ncnc21)NC(C)(C)C(=O)O. The summed E-state index contributed by atoms with van der Waals surface area (Å²) in [5.41, 5.74) is 5.27. The number of hydrogen-bond donors (Lipinski definition) is 4. The van der Waals surface area contributed by atoms with E-state index in [-0.39, 0.29) is 18.8 Å². The molecule has 0 spiro atoms. The highest BCUT2D eigenvalue weighted by Crippen LogP contribution is 2.40. The first-order valence-electron chi connectivity index (χ1n) is 12.0. The number of nitrogens with two attached hydrogens (primary N) is 1. The number of aldehydes is 1. The van der Waals surface area contributed by atoms with E-state index in [0.29, 0.717) is 30.6 Å². The summed E-state index contributed by atoms with van der Waals surface area (Å²) < 4.78 is 26.9. The maximum Gasteiger partial charge on any atom is 0.323 e. The van der Waals surface area contributed by atoms with Crippen molar-refractivity contribution in [2.75, 3.05) is 25.3 Å². The van der Waals surface area contributed by atoms with Crippen LogP contribution >= 0.6 is 7.44 Å². The molecule has 36 heavy (non-hydrogen) atoms. The number of carboxylic acids is 1. The molecule has 0 aliphatic carbocycles. The fourth-order valence-corrected chi connectivity index (χ4v) is 5.75. The van der Waals surface area contributed by atoms with Crippen LogP contribution in [0.1, 0.15) is 53.4 Å². The van der Waals surface area contributed by atoms with Crippen LogP contribution in [0.2, 0.25) is 0 Å². The monoisotopic (exact) mass is 527 g/mol. The lowest BCUT2D eigenvalue weighted by molar-refractivity contribution is -0.142.